The zero-order valence-corrected chi connectivity index (χ0v) is 11.5. The highest BCUT2D eigenvalue weighted by molar-refractivity contribution is 7.59. The van der Waals surface area contributed by atoms with Crippen molar-refractivity contribution < 1.29 is 19.4 Å². The molecule has 6 heteroatoms. The average Bonchev–Trinajstić information content (AvgIpc) is 2.63. The zero-order valence-electron chi connectivity index (χ0n) is 10.6. The smallest absolute Gasteiger partial charge is 0.307 e. The van der Waals surface area contributed by atoms with Gasteiger partial charge in [-0.1, -0.05) is 27.2 Å². The third-order valence-electron chi connectivity index (χ3n) is 3.56. The Labute approximate surface area is 102 Å². The highest BCUT2D eigenvalue weighted by atomic mass is 31.2. The van der Waals surface area contributed by atoms with E-state index in [1.54, 1.807) is 20.8 Å². The Balaban J connectivity index is 2.98. The van der Waals surface area contributed by atoms with E-state index in [2.05, 4.69) is 0 Å². The fourth-order valence-electron chi connectivity index (χ4n) is 2.43. The third kappa shape index (κ3) is 2.90. The van der Waals surface area contributed by atoms with Gasteiger partial charge in [0.1, 0.15) is 0 Å². The quantitative estimate of drug-likeness (QED) is 0.674. The first kappa shape index (κ1) is 14.7. The summed E-state index contributed by atoms with van der Waals surface area (Å²) in [6.07, 6.45) is 1.64. The number of aliphatic carboxylic acids is 1. The molecule has 1 fully saturated rings. The van der Waals surface area contributed by atoms with Crippen LogP contribution in [0.3, 0.4) is 0 Å². The molecule has 1 unspecified atom stereocenters. The summed E-state index contributed by atoms with van der Waals surface area (Å²) in [6, 6.07) is 0. The Morgan fingerprint density at radius 1 is 1.41 bits per heavy atom. The fraction of sp³-hybridized carbons (Fsp3) is 0.909. The first-order chi connectivity index (χ1) is 7.58. The number of rotatable bonds is 3. The van der Waals surface area contributed by atoms with Crippen LogP contribution in [0, 0.1) is 11.3 Å². The van der Waals surface area contributed by atoms with E-state index in [1.165, 1.54) is 0 Å². The Morgan fingerprint density at radius 3 is 2.35 bits per heavy atom. The summed E-state index contributed by atoms with van der Waals surface area (Å²) in [6.45, 7) is 5.39. The number of carboxylic acid groups (broad SMARTS) is 1. The number of hydrogen-bond acceptors (Lipinski definition) is 3. The molecule has 1 saturated carbocycles. The molecule has 17 heavy (non-hydrogen) atoms. The molecule has 100 valence electrons. The molecule has 0 spiro atoms. The average molecular weight is 263 g/mol. The summed E-state index contributed by atoms with van der Waals surface area (Å²) in [7, 11) is -3.67. The molecule has 0 radical (unpaired) electrons. The van der Waals surface area contributed by atoms with Gasteiger partial charge in [-0.3, -0.25) is 9.36 Å². The Morgan fingerprint density at radius 2 is 1.94 bits per heavy atom. The van der Waals surface area contributed by atoms with Crippen LogP contribution in [0.2, 0.25) is 0 Å². The summed E-state index contributed by atoms with van der Waals surface area (Å²) in [5.41, 5.74) is 4.67. The standard InChI is InChI=1S/C11H22NO4P/c1-11(2,3)10(12)17(15,16)8-6-4-5-7(8)9(13)14/h7-8,10H,4-6,12H2,1-3H3,(H,13,14)(H,15,16)/t7-,8+,10-/m1/s1. The Hall–Kier alpha value is -0.380. The van der Waals surface area contributed by atoms with Gasteiger partial charge in [-0.15, -0.1) is 0 Å². The Kier molecular flexibility index (Phi) is 4.07. The van der Waals surface area contributed by atoms with Crippen LogP contribution < -0.4 is 5.73 Å². The van der Waals surface area contributed by atoms with Crippen LogP contribution in [-0.2, 0) is 9.36 Å². The number of nitrogens with two attached hydrogens (primary N) is 1. The molecule has 4 N–H and O–H groups in total. The van der Waals surface area contributed by atoms with Crippen LogP contribution in [0.4, 0.5) is 0 Å². The van der Waals surface area contributed by atoms with Gasteiger partial charge in [0, 0.05) is 0 Å². The van der Waals surface area contributed by atoms with Gasteiger partial charge in [-0.05, 0) is 18.3 Å². The van der Waals surface area contributed by atoms with Crippen molar-refractivity contribution in [1.82, 2.24) is 0 Å². The molecule has 0 aliphatic heterocycles. The zero-order chi connectivity index (χ0) is 13.4. The molecular weight excluding hydrogens is 241 g/mol. The first-order valence-electron chi connectivity index (χ1n) is 5.89. The summed E-state index contributed by atoms with van der Waals surface area (Å²) in [5.74, 6) is -2.58. The minimum absolute atomic E-state index is 0.474. The lowest BCUT2D eigenvalue weighted by Gasteiger charge is -2.35. The Bertz CT molecular complexity index is 350. The molecule has 4 atom stereocenters. The molecule has 5 nitrogen and oxygen atoms in total. The molecule has 0 aromatic carbocycles. The van der Waals surface area contributed by atoms with Crippen LogP contribution in [-0.4, -0.2) is 27.4 Å². The van der Waals surface area contributed by atoms with Crippen LogP contribution in [0.5, 0.6) is 0 Å². The van der Waals surface area contributed by atoms with E-state index in [-0.39, 0.29) is 0 Å². The van der Waals surface area contributed by atoms with E-state index in [9.17, 15) is 14.3 Å². The normalized spacial score (nSPS) is 30.9. The highest BCUT2D eigenvalue weighted by Crippen LogP contribution is 2.60. The minimum Gasteiger partial charge on any atom is -0.481 e. The molecule has 0 heterocycles. The maximum absolute atomic E-state index is 12.4. The van der Waals surface area contributed by atoms with Crippen LogP contribution >= 0.6 is 7.37 Å². The molecule has 1 aliphatic rings. The van der Waals surface area contributed by atoms with Crippen molar-refractivity contribution in [3.63, 3.8) is 0 Å². The van der Waals surface area contributed by atoms with Crippen LogP contribution in [0.25, 0.3) is 0 Å². The van der Waals surface area contributed by atoms with Gasteiger partial charge in [0.25, 0.3) is 0 Å². The maximum atomic E-state index is 12.4. The van der Waals surface area contributed by atoms with Gasteiger partial charge in [-0.2, -0.15) is 0 Å². The van der Waals surface area contributed by atoms with Gasteiger partial charge in [0.15, 0.2) is 0 Å². The molecule has 0 amide bonds. The van der Waals surface area contributed by atoms with Crippen molar-refractivity contribution in [2.24, 2.45) is 17.1 Å². The van der Waals surface area contributed by atoms with E-state index in [0.29, 0.717) is 19.3 Å². The van der Waals surface area contributed by atoms with Crippen molar-refractivity contribution in [1.29, 1.82) is 0 Å². The van der Waals surface area contributed by atoms with Crippen molar-refractivity contribution in [2.75, 3.05) is 0 Å². The fourth-order valence-corrected chi connectivity index (χ4v) is 5.30. The summed E-state index contributed by atoms with van der Waals surface area (Å²) < 4.78 is 12.4. The topological polar surface area (TPSA) is 101 Å². The molecule has 0 aromatic heterocycles. The third-order valence-corrected chi connectivity index (χ3v) is 6.70. The van der Waals surface area contributed by atoms with Gasteiger partial charge in [0.05, 0.1) is 17.4 Å². The van der Waals surface area contributed by atoms with Crippen LogP contribution in [0.15, 0.2) is 0 Å². The van der Waals surface area contributed by atoms with E-state index >= 15 is 0 Å². The molecule has 0 aromatic rings. The van der Waals surface area contributed by atoms with Gasteiger partial charge >= 0.3 is 5.97 Å². The van der Waals surface area contributed by atoms with E-state index < -0.39 is 36.1 Å². The predicted molar refractivity (Wildman–Crippen MR) is 66.0 cm³/mol. The molecular formula is C11H22NO4P. The molecule has 1 rings (SSSR count). The van der Waals surface area contributed by atoms with Crippen molar-refractivity contribution in [3.8, 4) is 0 Å². The van der Waals surface area contributed by atoms with Crippen molar-refractivity contribution >= 4 is 13.3 Å². The summed E-state index contributed by atoms with van der Waals surface area (Å²) in [4.78, 5) is 21.3. The first-order valence-corrected chi connectivity index (χ1v) is 7.69. The number of carbonyl (C=O) groups is 1. The highest BCUT2D eigenvalue weighted by Gasteiger charge is 2.49. The number of carboxylic acids is 1. The second kappa shape index (κ2) is 4.71. The summed E-state index contributed by atoms with van der Waals surface area (Å²) >= 11 is 0. The van der Waals surface area contributed by atoms with Gasteiger partial charge < -0.3 is 15.7 Å². The van der Waals surface area contributed by atoms with Crippen molar-refractivity contribution in [2.45, 2.75) is 51.5 Å². The molecule has 0 bridgehead atoms. The van der Waals surface area contributed by atoms with E-state index in [0.717, 1.165) is 0 Å². The monoisotopic (exact) mass is 263 g/mol. The second-order valence-corrected chi connectivity index (χ2v) is 8.49. The lowest BCUT2D eigenvalue weighted by molar-refractivity contribution is -0.141. The SMILES string of the molecule is CC(C)(C)[C@H](N)P(=O)(O)[C@H]1CCC[C@H]1C(=O)O. The molecule has 1 aliphatic carbocycles. The number of hydrogen-bond donors (Lipinski definition) is 3. The van der Waals surface area contributed by atoms with Gasteiger partial charge in [-0.25, -0.2) is 0 Å². The lowest BCUT2D eigenvalue weighted by Crippen LogP contribution is -2.39. The largest absolute Gasteiger partial charge is 0.481 e. The van der Waals surface area contributed by atoms with Gasteiger partial charge in [0.2, 0.25) is 7.37 Å². The van der Waals surface area contributed by atoms with Crippen molar-refractivity contribution in [3.05, 3.63) is 0 Å². The molecule has 0 saturated heterocycles. The minimum atomic E-state index is -3.67. The van der Waals surface area contributed by atoms with E-state index in [1.807, 2.05) is 0 Å². The van der Waals surface area contributed by atoms with Crippen LogP contribution in [0.1, 0.15) is 40.0 Å². The predicted octanol–water partition coefficient (Wildman–Crippen LogP) is 1.84. The second-order valence-electron chi connectivity index (χ2n) is 5.93. The van der Waals surface area contributed by atoms with E-state index in [4.69, 9.17) is 10.8 Å². The summed E-state index contributed by atoms with van der Waals surface area (Å²) in [5, 5.41) is 9.06. The maximum Gasteiger partial charge on any atom is 0.307 e. The lowest BCUT2D eigenvalue weighted by atomic mass is 9.97.